The molecular formula is C26H41N7O12S. The number of nitrogens with two attached hydrogens (primary N) is 1. The summed E-state index contributed by atoms with van der Waals surface area (Å²) >= 11 is 3.97. The standard InChI is InChI=1S/C26H41N7O12S/c1-12(21(39)31-15(26(44)45)4-2-3-9-27)28-25(43)17(11-46)33-24(42)16(10-20(37)38)32-23(41)14(6-8-19(35)36)30-22(40)13-5-7-18(34)29-13/h12-17,46H,2-11,27H2,1H3,(H,28,43)(H,29,34)(H,30,40)(H,31,39)(H,32,41)(H,33,42)(H,35,36)(H,37,38)(H,44,45)/t12-,13-,14-,15-,16-,17-/m0/s1/i/hD. The Morgan fingerprint density at radius 3 is 2.02 bits per heavy atom. The summed E-state index contributed by atoms with van der Waals surface area (Å²) in [5.74, 6) is -10.5. The molecule has 0 bridgehead atoms. The molecule has 19 nitrogen and oxygen atoms in total. The number of thiol groups is 1. The lowest BCUT2D eigenvalue weighted by molar-refractivity contribution is -0.142. The van der Waals surface area contributed by atoms with Gasteiger partial charge < -0.3 is 52.9 Å². The van der Waals surface area contributed by atoms with Gasteiger partial charge >= 0.3 is 17.9 Å². The van der Waals surface area contributed by atoms with Gasteiger partial charge in [0.1, 0.15) is 36.3 Å². The van der Waals surface area contributed by atoms with Crippen molar-refractivity contribution in [2.24, 2.45) is 5.73 Å². The predicted molar refractivity (Wildman–Crippen MR) is 160 cm³/mol. The van der Waals surface area contributed by atoms with Crippen molar-refractivity contribution in [3.63, 3.8) is 0 Å². The van der Waals surface area contributed by atoms with Gasteiger partial charge in [-0.2, -0.15) is 12.6 Å². The molecule has 1 saturated heterocycles. The van der Waals surface area contributed by atoms with Crippen LogP contribution in [0.25, 0.3) is 0 Å². The zero-order valence-corrected chi connectivity index (χ0v) is 25.9. The smallest absolute Gasteiger partial charge is 0.326 e. The molecule has 1 aliphatic rings. The highest BCUT2D eigenvalue weighted by Crippen LogP contribution is 2.09. The predicted octanol–water partition coefficient (Wildman–Crippen LogP) is -3.81. The van der Waals surface area contributed by atoms with Gasteiger partial charge in [-0.25, -0.2) is 4.79 Å². The number of amides is 6. The summed E-state index contributed by atoms with van der Waals surface area (Å²) in [4.78, 5) is 110. The Bertz CT molecular complexity index is 1210. The zero-order chi connectivity index (χ0) is 35.8. The monoisotopic (exact) mass is 676 g/mol. The summed E-state index contributed by atoms with van der Waals surface area (Å²) < 4.78 is 8.24. The normalized spacial score (nSPS) is 17.5. The number of hydrogen-bond donors (Lipinski definition) is 11. The summed E-state index contributed by atoms with van der Waals surface area (Å²) in [5, 5.41) is 39.1. The molecule has 1 heterocycles. The highest BCUT2D eigenvalue weighted by atomic mass is 32.1. The van der Waals surface area contributed by atoms with Gasteiger partial charge in [-0.3, -0.25) is 38.4 Å². The molecule has 0 spiro atoms. The largest absolute Gasteiger partial charge is 0.481 e. The van der Waals surface area contributed by atoms with E-state index in [-0.39, 0.29) is 24.6 Å². The SMILES string of the molecule is [2H]N(C(=O)[C@H](CC(=O)O)NC(=O)[C@H](CCC(=O)O)NC(=O)[C@@H]1CCC(=O)N1)[C@@H](CS)C(=O)N[C@@H](C)C(=O)N[C@@H](CCCCN)C(=O)O. The molecule has 1 fully saturated rings. The van der Waals surface area contributed by atoms with E-state index in [0.29, 0.717) is 19.4 Å². The zero-order valence-electron chi connectivity index (χ0n) is 26.0. The van der Waals surface area contributed by atoms with Crippen molar-refractivity contribution in [1.29, 1.82) is 0 Å². The number of rotatable bonds is 21. The van der Waals surface area contributed by atoms with E-state index in [1.165, 1.54) is 6.92 Å². The maximum atomic E-state index is 13.2. The second-order valence-corrected chi connectivity index (χ2v) is 10.8. The lowest BCUT2D eigenvalue weighted by Gasteiger charge is -2.25. The van der Waals surface area contributed by atoms with Crippen LogP contribution in [0.2, 0.25) is 1.41 Å². The molecule has 1 rings (SSSR count). The second kappa shape index (κ2) is 19.8. The van der Waals surface area contributed by atoms with Gasteiger partial charge in [0.25, 0.3) is 0 Å². The first kappa shape index (κ1) is 37.7. The Hall–Kier alpha value is -4.46. The molecule has 0 radical (unpaired) electrons. The molecule has 0 aromatic rings. The highest BCUT2D eigenvalue weighted by molar-refractivity contribution is 7.80. The van der Waals surface area contributed by atoms with Crippen molar-refractivity contribution in [1.82, 2.24) is 31.9 Å². The minimum Gasteiger partial charge on any atom is -0.481 e. The van der Waals surface area contributed by atoms with Crippen LogP contribution in [0.3, 0.4) is 0 Å². The van der Waals surface area contributed by atoms with Crippen LogP contribution in [0.5, 0.6) is 0 Å². The van der Waals surface area contributed by atoms with Gasteiger partial charge in [-0.05, 0) is 45.6 Å². The number of hydrogen-bond acceptors (Lipinski definition) is 11. The minimum atomic E-state index is -1.98. The van der Waals surface area contributed by atoms with Crippen molar-refractivity contribution >= 4 is 66.0 Å². The molecule has 1 aliphatic heterocycles. The van der Waals surface area contributed by atoms with E-state index < -0.39 is 115 Å². The van der Waals surface area contributed by atoms with Crippen molar-refractivity contribution < 1.29 is 59.9 Å². The summed E-state index contributed by atoms with van der Waals surface area (Å²) in [6.45, 7) is 1.54. The van der Waals surface area contributed by atoms with E-state index in [1.807, 2.05) is 0 Å². The third kappa shape index (κ3) is 14.1. The molecule has 258 valence electrons. The average molecular weight is 677 g/mol. The molecule has 0 saturated carbocycles. The summed E-state index contributed by atoms with van der Waals surface area (Å²) in [6.07, 6.45) is -1.04. The van der Waals surface area contributed by atoms with Crippen molar-refractivity contribution in [3.8, 4) is 0 Å². The summed E-state index contributed by atoms with van der Waals surface area (Å²) in [6, 6.07) is -8.93. The van der Waals surface area contributed by atoms with E-state index in [1.54, 1.807) is 0 Å². The van der Waals surface area contributed by atoms with Crippen molar-refractivity contribution in [3.05, 3.63) is 0 Å². The van der Waals surface area contributed by atoms with Crippen LogP contribution in [0.4, 0.5) is 0 Å². The first-order valence-corrected chi connectivity index (χ1v) is 15.0. The van der Waals surface area contributed by atoms with Gasteiger partial charge in [0, 0.05) is 18.6 Å². The molecule has 46 heavy (non-hydrogen) atoms. The van der Waals surface area contributed by atoms with Gasteiger partial charge in [0.15, 0.2) is 1.41 Å². The molecule has 0 unspecified atom stereocenters. The van der Waals surface area contributed by atoms with Crippen LogP contribution in [0, 0.1) is 0 Å². The Labute approximate surface area is 270 Å². The number of unbranched alkanes of at least 4 members (excludes halogenated alkanes) is 1. The fourth-order valence-electron chi connectivity index (χ4n) is 4.11. The van der Waals surface area contributed by atoms with Gasteiger partial charge in [-0.1, -0.05) is 0 Å². The lowest BCUT2D eigenvalue weighted by atomic mass is 10.1. The third-order valence-corrected chi connectivity index (χ3v) is 7.00. The molecule has 20 heteroatoms. The summed E-state index contributed by atoms with van der Waals surface area (Å²) in [5.41, 5.74) is 5.40. The topological polar surface area (TPSA) is 313 Å². The second-order valence-electron chi connectivity index (χ2n) is 10.4. The third-order valence-electron chi connectivity index (χ3n) is 6.66. The molecule has 0 aromatic carbocycles. The van der Waals surface area contributed by atoms with Crippen LogP contribution in [-0.2, 0) is 43.2 Å². The van der Waals surface area contributed by atoms with E-state index in [9.17, 15) is 53.4 Å². The van der Waals surface area contributed by atoms with Crippen molar-refractivity contribution in [2.75, 3.05) is 12.3 Å². The Kier molecular flexibility index (Phi) is 16.3. The number of nitrogens with one attached hydrogen (secondary N) is 6. The van der Waals surface area contributed by atoms with E-state index in [0.717, 1.165) is 0 Å². The van der Waals surface area contributed by atoms with Gasteiger partial charge in [0.05, 0.1) is 6.42 Å². The van der Waals surface area contributed by atoms with Crippen LogP contribution in [-0.4, -0.2) is 117 Å². The minimum absolute atomic E-state index is 0.0417. The molecule has 6 amide bonds. The number of carboxylic acids is 3. The first-order chi connectivity index (χ1) is 22.0. The Balaban J connectivity index is 3.04. The number of aliphatic carboxylic acids is 3. The molecule has 11 N–H and O–H groups in total. The van der Waals surface area contributed by atoms with Gasteiger partial charge in [0.2, 0.25) is 35.4 Å². The maximum absolute atomic E-state index is 13.2. The van der Waals surface area contributed by atoms with Crippen LogP contribution < -0.4 is 37.6 Å². The highest BCUT2D eigenvalue weighted by Gasteiger charge is 2.34. The van der Waals surface area contributed by atoms with Crippen LogP contribution in [0.1, 0.15) is 58.3 Å². The fourth-order valence-corrected chi connectivity index (χ4v) is 4.36. The average Bonchev–Trinajstić information content (AvgIpc) is 3.43. The van der Waals surface area contributed by atoms with Crippen molar-refractivity contribution in [2.45, 2.75) is 94.5 Å². The van der Waals surface area contributed by atoms with Crippen LogP contribution in [0.15, 0.2) is 0 Å². The lowest BCUT2D eigenvalue weighted by Crippen LogP contribution is -2.59. The Morgan fingerprint density at radius 2 is 1.50 bits per heavy atom. The molecular weight excluding hydrogens is 634 g/mol. The summed E-state index contributed by atoms with van der Waals surface area (Å²) in [7, 11) is 0. The number of carbonyl (C=O) groups excluding carboxylic acids is 6. The number of carbonyl (C=O) groups is 9. The fraction of sp³-hybridized carbons (Fsp3) is 0.654. The Morgan fingerprint density at radius 1 is 0.870 bits per heavy atom. The molecule has 0 aliphatic carbocycles. The maximum Gasteiger partial charge on any atom is 0.326 e. The van der Waals surface area contributed by atoms with E-state index in [2.05, 4.69) is 39.2 Å². The van der Waals surface area contributed by atoms with Crippen LogP contribution >= 0.6 is 12.6 Å². The molecule has 6 atom stereocenters. The molecule has 0 aromatic heterocycles. The quantitative estimate of drug-likeness (QED) is 0.0411. The van der Waals surface area contributed by atoms with E-state index >= 15 is 0 Å². The van der Waals surface area contributed by atoms with E-state index in [4.69, 9.17) is 12.3 Å². The first-order valence-electron chi connectivity index (χ1n) is 14.8. The number of carboxylic acid groups (broad SMARTS) is 3. The van der Waals surface area contributed by atoms with Gasteiger partial charge in [-0.15, -0.1) is 0 Å².